The van der Waals surface area contributed by atoms with E-state index in [1.54, 1.807) is 10.8 Å². The standard InChI is InChI=1S/C19H20N6O/c1-13-3-2-4-14(7-13)8-19(26)25-15-9-16(25)11-23(10-15)18-6-5-17-21-20-12-24(17)22-18/h2-7,12,15-16H,8-11H2,1H3. The fourth-order valence-electron chi connectivity index (χ4n) is 4.18. The van der Waals surface area contributed by atoms with Crippen molar-refractivity contribution >= 4 is 17.4 Å². The quantitative estimate of drug-likeness (QED) is 0.717. The van der Waals surface area contributed by atoms with Crippen molar-refractivity contribution < 1.29 is 4.79 Å². The maximum atomic E-state index is 12.8. The molecule has 3 aliphatic rings. The number of fused-ring (bicyclic) bond motifs is 3. The van der Waals surface area contributed by atoms with Gasteiger partial charge in [0.2, 0.25) is 5.91 Å². The van der Waals surface area contributed by atoms with Crippen LogP contribution in [0, 0.1) is 6.92 Å². The van der Waals surface area contributed by atoms with Gasteiger partial charge >= 0.3 is 0 Å². The molecule has 3 aliphatic heterocycles. The molecule has 3 saturated heterocycles. The Bertz CT molecular complexity index is 971. The largest absolute Gasteiger partial charge is 0.351 e. The number of hydrogen-bond donors (Lipinski definition) is 0. The van der Waals surface area contributed by atoms with Crippen LogP contribution in [0.1, 0.15) is 17.5 Å². The monoisotopic (exact) mass is 348 g/mol. The molecule has 1 aromatic carbocycles. The van der Waals surface area contributed by atoms with Crippen LogP contribution in [0.5, 0.6) is 0 Å². The molecule has 132 valence electrons. The van der Waals surface area contributed by atoms with E-state index >= 15 is 0 Å². The highest BCUT2D eigenvalue weighted by atomic mass is 16.2. The van der Waals surface area contributed by atoms with Crippen LogP contribution in [0.25, 0.3) is 5.65 Å². The maximum absolute atomic E-state index is 12.8. The second-order valence-corrected chi connectivity index (χ2v) is 7.24. The first-order chi connectivity index (χ1) is 12.7. The van der Waals surface area contributed by atoms with E-state index in [0.29, 0.717) is 6.42 Å². The van der Waals surface area contributed by atoms with Gasteiger partial charge in [0, 0.05) is 13.1 Å². The van der Waals surface area contributed by atoms with Crippen molar-refractivity contribution in [2.45, 2.75) is 31.8 Å². The summed E-state index contributed by atoms with van der Waals surface area (Å²) < 4.78 is 1.69. The summed E-state index contributed by atoms with van der Waals surface area (Å²) in [7, 11) is 0. The molecular weight excluding hydrogens is 328 g/mol. The number of benzene rings is 1. The molecule has 3 fully saturated rings. The molecule has 2 atom stereocenters. The van der Waals surface area contributed by atoms with Gasteiger partial charge in [0.05, 0.1) is 18.5 Å². The van der Waals surface area contributed by atoms with Crippen LogP contribution in [0.2, 0.25) is 0 Å². The molecule has 7 nitrogen and oxygen atoms in total. The molecular formula is C19H20N6O. The highest BCUT2D eigenvalue weighted by Crippen LogP contribution is 2.34. The van der Waals surface area contributed by atoms with E-state index in [4.69, 9.17) is 0 Å². The SMILES string of the molecule is Cc1cccc(CC(=O)N2C3CC2CN(c2ccc4nncn4n2)C3)c1. The summed E-state index contributed by atoms with van der Waals surface area (Å²) in [5, 5.41) is 12.4. The molecule has 2 bridgehead atoms. The number of aryl methyl sites for hydroxylation is 1. The first-order valence-electron chi connectivity index (χ1n) is 8.96. The second kappa shape index (κ2) is 5.79. The molecule has 1 amide bonds. The first-order valence-corrected chi connectivity index (χ1v) is 8.96. The predicted octanol–water partition coefficient (Wildman–Crippen LogP) is 1.46. The minimum Gasteiger partial charge on any atom is -0.351 e. The van der Waals surface area contributed by atoms with Crippen LogP contribution in [0.3, 0.4) is 0 Å². The van der Waals surface area contributed by atoms with Gasteiger partial charge in [-0.2, -0.15) is 4.52 Å². The minimum atomic E-state index is 0.235. The molecule has 7 heteroatoms. The number of nitrogens with zero attached hydrogens (tertiary/aromatic N) is 6. The Morgan fingerprint density at radius 3 is 2.85 bits per heavy atom. The highest BCUT2D eigenvalue weighted by molar-refractivity contribution is 5.81. The highest BCUT2D eigenvalue weighted by Gasteiger charge is 2.47. The molecule has 3 aromatic rings. The second-order valence-electron chi connectivity index (χ2n) is 7.24. The lowest BCUT2D eigenvalue weighted by molar-refractivity contribution is -0.145. The van der Waals surface area contributed by atoms with Crippen LogP contribution < -0.4 is 4.90 Å². The number of carbonyl (C=O) groups excluding carboxylic acids is 1. The van der Waals surface area contributed by atoms with Gasteiger partial charge in [0.25, 0.3) is 0 Å². The fourth-order valence-corrected chi connectivity index (χ4v) is 4.18. The van der Waals surface area contributed by atoms with Gasteiger partial charge in [-0.15, -0.1) is 15.3 Å². The zero-order chi connectivity index (χ0) is 17.7. The number of aromatic nitrogens is 4. The van der Waals surface area contributed by atoms with E-state index in [0.717, 1.165) is 36.5 Å². The summed E-state index contributed by atoms with van der Waals surface area (Å²) in [4.78, 5) is 17.1. The average Bonchev–Trinajstić information content (AvgIpc) is 3.09. The summed E-state index contributed by atoms with van der Waals surface area (Å²) in [6.07, 6.45) is 3.19. The third kappa shape index (κ3) is 2.51. The molecule has 2 unspecified atom stereocenters. The Hall–Kier alpha value is -2.96. The smallest absolute Gasteiger partial charge is 0.227 e. The molecule has 0 aliphatic carbocycles. The summed E-state index contributed by atoms with van der Waals surface area (Å²) in [5.74, 6) is 1.15. The predicted molar refractivity (Wildman–Crippen MR) is 96.9 cm³/mol. The Labute approximate surface area is 151 Å². The number of amides is 1. The zero-order valence-electron chi connectivity index (χ0n) is 14.6. The van der Waals surface area contributed by atoms with Crippen molar-refractivity contribution in [1.82, 2.24) is 24.7 Å². The zero-order valence-corrected chi connectivity index (χ0v) is 14.6. The van der Waals surface area contributed by atoms with E-state index < -0.39 is 0 Å². The summed E-state index contributed by atoms with van der Waals surface area (Å²) >= 11 is 0. The van der Waals surface area contributed by atoms with Crippen molar-refractivity contribution in [3.8, 4) is 0 Å². The van der Waals surface area contributed by atoms with Crippen molar-refractivity contribution in [3.63, 3.8) is 0 Å². The Balaban J connectivity index is 1.28. The van der Waals surface area contributed by atoms with Gasteiger partial charge in [-0.1, -0.05) is 29.8 Å². The van der Waals surface area contributed by atoms with E-state index in [1.807, 2.05) is 24.3 Å². The van der Waals surface area contributed by atoms with E-state index in [-0.39, 0.29) is 18.0 Å². The number of piperazine rings is 1. The van der Waals surface area contributed by atoms with Gasteiger partial charge < -0.3 is 9.80 Å². The molecule has 5 heterocycles. The van der Waals surface area contributed by atoms with Crippen LogP contribution in [-0.2, 0) is 11.2 Å². The lowest BCUT2D eigenvalue weighted by Crippen LogP contribution is -2.70. The molecule has 0 radical (unpaired) electrons. The fraction of sp³-hybridized carbons (Fsp3) is 0.368. The third-order valence-corrected chi connectivity index (χ3v) is 5.39. The number of rotatable bonds is 3. The van der Waals surface area contributed by atoms with Crippen molar-refractivity contribution in [2.75, 3.05) is 18.0 Å². The Morgan fingerprint density at radius 2 is 2.04 bits per heavy atom. The van der Waals surface area contributed by atoms with Gasteiger partial charge in [-0.05, 0) is 31.0 Å². The Kier molecular flexibility index (Phi) is 3.41. The van der Waals surface area contributed by atoms with Crippen LogP contribution >= 0.6 is 0 Å². The van der Waals surface area contributed by atoms with Gasteiger partial charge in [0.15, 0.2) is 5.65 Å². The lowest BCUT2D eigenvalue weighted by atomic mass is 9.86. The van der Waals surface area contributed by atoms with Crippen molar-refractivity contribution in [3.05, 3.63) is 53.9 Å². The number of anilines is 1. The van der Waals surface area contributed by atoms with E-state index in [1.165, 1.54) is 5.56 Å². The Morgan fingerprint density at radius 1 is 1.19 bits per heavy atom. The number of hydrogen-bond acceptors (Lipinski definition) is 5. The summed E-state index contributed by atoms with van der Waals surface area (Å²) in [6.45, 7) is 3.72. The van der Waals surface area contributed by atoms with Crippen LogP contribution in [-0.4, -0.2) is 55.8 Å². The van der Waals surface area contributed by atoms with Crippen LogP contribution in [0.15, 0.2) is 42.7 Å². The van der Waals surface area contributed by atoms with Crippen molar-refractivity contribution in [2.24, 2.45) is 0 Å². The van der Waals surface area contributed by atoms with Crippen molar-refractivity contribution in [1.29, 1.82) is 0 Å². The number of carbonyl (C=O) groups is 1. The first kappa shape index (κ1) is 15.3. The third-order valence-electron chi connectivity index (χ3n) is 5.39. The molecule has 0 saturated carbocycles. The minimum absolute atomic E-state index is 0.235. The topological polar surface area (TPSA) is 66.6 Å². The molecule has 6 rings (SSSR count). The maximum Gasteiger partial charge on any atom is 0.227 e. The summed E-state index contributed by atoms with van der Waals surface area (Å²) in [5.41, 5.74) is 3.03. The van der Waals surface area contributed by atoms with E-state index in [2.05, 4.69) is 44.2 Å². The molecule has 26 heavy (non-hydrogen) atoms. The summed E-state index contributed by atoms with van der Waals surface area (Å²) in [6, 6.07) is 12.7. The lowest BCUT2D eigenvalue weighted by Gasteiger charge is -2.56. The van der Waals surface area contributed by atoms with E-state index in [9.17, 15) is 4.79 Å². The van der Waals surface area contributed by atoms with Gasteiger partial charge in [-0.25, -0.2) is 0 Å². The molecule has 2 aromatic heterocycles. The molecule has 0 spiro atoms. The van der Waals surface area contributed by atoms with Crippen LogP contribution in [0.4, 0.5) is 5.82 Å². The molecule has 0 N–H and O–H groups in total. The van der Waals surface area contributed by atoms with Gasteiger partial charge in [-0.3, -0.25) is 4.79 Å². The average molecular weight is 348 g/mol. The normalized spacial score (nSPS) is 21.7. The number of piperidine rings is 1. The van der Waals surface area contributed by atoms with Gasteiger partial charge in [0.1, 0.15) is 12.1 Å².